The maximum atomic E-state index is 11.6. The van der Waals surface area contributed by atoms with E-state index in [-0.39, 0.29) is 0 Å². The molecule has 1 N–H and O–H groups in total. The fraction of sp³-hybridized carbons (Fsp3) is 0.500. The zero-order valence-corrected chi connectivity index (χ0v) is 15.1. The van der Waals surface area contributed by atoms with E-state index in [9.17, 15) is 4.21 Å². The van der Waals surface area contributed by atoms with Crippen LogP contribution in [-0.2, 0) is 14.3 Å². The van der Waals surface area contributed by atoms with E-state index in [2.05, 4.69) is 16.2 Å². The van der Waals surface area contributed by atoms with E-state index in [4.69, 9.17) is 16.3 Å². The highest BCUT2D eigenvalue weighted by Gasteiger charge is 2.04. The number of benzene rings is 1. The molecule has 0 aliphatic carbocycles. The third-order valence-electron chi connectivity index (χ3n) is 2.85. The molecule has 0 bridgehead atoms. The first-order valence-electron chi connectivity index (χ1n) is 7.27. The molecule has 22 heavy (non-hydrogen) atoms. The number of nitrogens with one attached hydrogen (secondary N) is 1. The smallest absolute Gasteiger partial charge is 0.0876 e. The second-order valence-electron chi connectivity index (χ2n) is 5.31. The van der Waals surface area contributed by atoms with Crippen LogP contribution in [0.1, 0.15) is 20.3 Å². The number of ether oxygens (including phenoxy) is 1. The number of halogens is 1. The molecule has 124 valence electrons. The van der Waals surface area contributed by atoms with Crippen molar-refractivity contribution in [3.05, 3.63) is 23.2 Å². The van der Waals surface area contributed by atoms with Crippen molar-refractivity contribution in [2.24, 2.45) is 4.99 Å². The molecule has 4 nitrogen and oxygen atoms in total. The van der Waals surface area contributed by atoms with Crippen molar-refractivity contribution >= 4 is 44.1 Å². The summed E-state index contributed by atoms with van der Waals surface area (Å²) in [7, 11) is -1.93. The maximum absolute atomic E-state index is 11.6. The van der Waals surface area contributed by atoms with Gasteiger partial charge in [-0.05, 0) is 53.9 Å². The van der Waals surface area contributed by atoms with E-state index in [1.807, 2.05) is 32.0 Å². The molecule has 0 aliphatic rings. The lowest BCUT2D eigenvalue weighted by atomic mass is 10.2. The van der Waals surface area contributed by atoms with E-state index in [0.29, 0.717) is 24.0 Å². The minimum Gasteiger partial charge on any atom is -0.383 e. The van der Waals surface area contributed by atoms with Crippen molar-refractivity contribution in [3.63, 3.8) is 0 Å². The molecule has 0 aliphatic heterocycles. The van der Waals surface area contributed by atoms with E-state index < -0.39 is 9.52 Å². The van der Waals surface area contributed by atoms with Gasteiger partial charge < -0.3 is 10.1 Å². The molecule has 0 saturated heterocycles. The van der Waals surface area contributed by atoms with Gasteiger partial charge in [0.15, 0.2) is 0 Å². The highest BCUT2D eigenvalue weighted by molar-refractivity contribution is 7.99. The van der Waals surface area contributed by atoms with Gasteiger partial charge in [0, 0.05) is 35.9 Å². The first-order valence-corrected chi connectivity index (χ1v) is 9.95. The predicted octanol–water partition coefficient (Wildman–Crippen LogP) is 3.62. The SMILES string of the molecule is C=S(C)(=O)CCCNc1ccc(Cl)cc1N=C(C)COCC. The molecule has 0 heterocycles. The fourth-order valence-electron chi connectivity index (χ4n) is 1.83. The van der Waals surface area contributed by atoms with Crippen LogP contribution in [0, 0.1) is 0 Å². The van der Waals surface area contributed by atoms with Crippen molar-refractivity contribution in [1.82, 2.24) is 0 Å². The van der Waals surface area contributed by atoms with E-state index in [1.54, 1.807) is 6.26 Å². The third-order valence-corrected chi connectivity index (χ3v) is 4.24. The molecule has 0 amide bonds. The lowest BCUT2D eigenvalue weighted by molar-refractivity contribution is 0.187. The molecule has 0 aromatic heterocycles. The van der Waals surface area contributed by atoms with E-state index >= 15 is 0 Å². The summed E-state index contributed by atoms with van der Waals surface area (Å²) in [5, 5.41) is 3.96. The Bertz CT molecular complexity index is 613. The summed E-state index contributed by atoms with van der Waals surface area (Å²) in [5.74, 6) is 4.27. The zero-order valence-electron chi connectivity index (χ0n) is 13.5. The fourth-order valence-corrected chi connectivity index (χ4v) is 2.76. The van der Waals surface area contributed by atoms with Crippen LogP contribution in [0.2, 0.25) is 5.02 Å². The van der Waals surface area contributed by atoms with Gasteiger partial charge in [-0.3, -0.25) is 9.20 Å². The third kappa shape index (κ3) is 7.82. The van der Waals surface area contributed by atoms with Gasteiger partial charge in [-0.1, -0.05) is 11.6 Å². The normalized spacial score (nSPS) is 14.6. The summed E-state index contributed by atoms with van der Waals surface area (Å²) >= 11 is 6.05. The van der Waals surface area contributed by atoms with Crippen LogP contribution in [0.5, 0.6) is 0 Å². The predicted molar refractivity (Wildman–Crippen MR) is 99.9 cm³/mol. The van der Waals surface area contributed by atoms with Crippen molar-refractivity contribution in [3.8, 4) is 0 Å². The molecule has 1 aromatic carbocycles. The van der Waals surface area contributed by atoms with Crippen LogP contribution in [0.4, 0.5) is 11.4 Å². The van der Waals surface area contributed by atoms with Crippen LogP contribution in [0.15, 0.2) is 23.2 Å². The number of hydrogen-bond acceptors (Lipinski definition) is 4. The van der Waals surface area contributed by atoms with Crippen LogP contribution >= 0.6 is 11.6 Å². The quantitative estimate of drug-likeness (QED) is 0.423. The molecule has 0 radical (unpaired) electrons. The number of aliphatic imine (C=N–C) groups is 1. The zero-order chi connectivity index (χ0) is 16.6. The van der Waals surface area contributed by atoms with Crippen molar-refractivity contribution in [2.45, 2.75) is 20.3 Å². The average molecular weight is 345 g/mol. The maximum Gasteiger partial charge on any atom is 0.0876 e. The standard InChI is InChI=1S/C16H25ClN2O2S/c1-5-21-12-13(2)19-16-11-14(17)7-8-15(16)18-9-6-10-22(3,4)20/h7-8,11,18H,3,5-6,9-10,12H2,1-2,4H3. The summed E-state index contributed by atoms with van der Waals surface area (Å²) in [6, 6.07) is 5.55. The summed E-state index contributed by atoms with van der Waals surface area (Å²) < 4.78 is 16.9. The Balaban J connectivity index is 2.74. The molecule has 1 atom stereocenters. The Morgan fingerprint density at radius 3 is 2.86 bits per heavy atom. The topological polar surface area (TPSA) is 50.7 Å². The molecule has 1 unspecified atom stereocenters. The second kappa shape index (κ2) is 9.18. The minimum absolute atomic E-state index is 0.502. The van der Waals surface area contributed by atoms with Gasteiger partial charge in [-0.15, -0.1) is 0 Å². The number of rotatable bonds is 9. The molecule has 1 aromatic rings. The lowest BCUT2D eigenvalue weighted by Gasteiger charge is -2.11. The monoisotopic (exact) mass is 344 g/mol. The largest absolute Gasteiger partial charge is 0.383 e. The van der Waals surface area contributed by atoms with Gasteiger partial charge >= 0.3 is 0 Å². The van der Waals surface area contributed by atoms with Gasteiger partial charge in [-0.25, -0.2) is 0 Å². The van der Waals surface area contributed by atoms with Crippen molar-refractivity contribution in [2.75, 3.05) is 37.1 Å². The van der Waals surface area contributed by atoms with Crippen LogP contribution in [0.25, 0.3) is 0 Å². The number of nitrogens with zero attached hydrogens (tertiary/aromatic N) is 1. The Kier molecular flexibility index (Phi) is 7.93. The number of hydrogen-bond donors (Lipinski definition) is 1. The molecule has 0 spiro atoms. The summed E-state index contributed by atoms with van der Waals surface area (Å²) in [6.45, 7) is 5.76. The Morgan fingerprint density at radius 1 is 1.50 bits per heavy atom. The Labute approximate surface area is 138 Å². The lowest BCUT2D eigenvalue weighted by Crippen LogP contribution is -2.10. The van der Waals surface area contributed by atoms with Crippen LogP contribution < -0.4 is 5.32 Å². The second-order valence-corrected chi connectivity index (χ2v) is 8.53. The van der Waals surface area contributed by atoms with Gasteiger partial charge in [-0.2, -0.15) is 0 Å². The highest BCUT2D eigenvalue weighted by Crippen LogP contribution is 2.28. The molecule has 6 heteroatoms. The first kappa shape index (κ1) is 19.0. The summed E-state index contributed by atoms with van der Waals surface area (Å²) in [4.78, 5) is 4.56. The minimum atomic E-state index is -1.93. The molecular formula is C16H25ClN2O2S. The Morgan fingerprint density at radius 2 is 2.23 bits per heavy atom. The number of anilines is 1. The Hall–Kier alpha value is -1.04. The molecule has 0 fully saturated rings. The van der Waals surface area contributed by atoms with E-state index in [1.165, 1.54) is 0 Å². The van der Waals surface area contributed by atoms with E-state index in [0.717, 1.165) is 30.1 Å². The van der Waals surface area contributed by atoms with Gasteiger partial charge in [0.25, 0.3) is 0 Å². The molecule has 0 saturated carbocycles. The van der Waals surface area contributed by atoms with Crippen LogP contribution in [0.3, 0.4) is 0 Å². The van der Waals surface area contributed by atoms with Gasteiger partial charge in [0.2, 0.25) is 0 Å². The van der Waals surface area contributed by atoms with Crippen molar-refractivity contribution < 1.29 is 8.95 Å². The highest BCUT2D eigenvalue weighted by atomic mass is 35.5. The summed E-state index contributed by atoms with van der Waals surface area (Å²) in [5.41, 5.74) is 2.59. The van der Waals surface area contributed by atoms with Crippen molar-refractivity contribution in [1.29, 1.82) is 0 Å². The summed E-state index contributed by atoms with van der Waals surface area (Å²) in [6.07, 6.45) is 2.48. The molecule has 1 rings (SSSR count). The molecular weight excluding hydrogens is 320 g/mol. The first-order chi connectivity index (χ1) is 10.3. The average Bonchev–Trinajstić information content (AvgIpc) is 2.42. The van der Waals surface area contributed by atoms with Gasteiger partial charge in [0.05, 0.1) is 18.0 Å². The van der Waals surface area contributed by atoms with Gasteiger partial charge in [0.1, 0.15) is 0 Å². The van der Waals surface area contributed by atoms with Crippen LogP contribution in [-0.4, -0.2) is 47.6 Å².